The molecule has 0 N–H and O–H groups in total. The minimum absolute atomic E-state index is 0.113. The second-order valence-corrected chi connectivity index (χ2v) is 18.0. The highest BCUT2D eigenvalue weighted by molar-refractivity contribution is 7.01. The summed E-state index contributed by atoms with van der Waals surface area (Å²) in [4.78, 5) is 23.5. The molecule has 6 rings (SSSR count). The normalized spacial score (nSPS) is 17.9. The maximum Gasteiger partial charge on any atom is 0.254 e. The number of hydrogen-bond acceptors (Lipinski definition) is 3. The van der Waals surface area contributed by atoms with E-state index >= 15 is 0 Å². The van der Waals surface area contributed by atoms with Crippen molar-refractivity contribution in [2.24, 2.45) is 4.99 Å². The van der Waals surface area contributed by atoms with E-state index in [0.29, 0.717) is 0 Å². The Balaban J connectivity index is 1.68. The number of rotatable bonds is 6. The Bertz CT molecular complexity index is 1690. The van der Waals surface area contributed by atoms with Gasteiger partial charge >= 0.3 is 0 Å². The first-order valence-corrected chi connectivity index (χ1v) is 19.1. The van der Waals surface area contributed by atoms with E-state index in [0.717, 1.165) is 69.3 Å². The lowest BCUT2D eigenvalue weighted by molar-refractivity contribution is 0.0793. The van der Waals surface area contributed by atoms with E-state index in [4.69, 9.17) is 4.99 Å². The van der Waals surface area contributed by atoms with Gasteiger partial charge in [0.05, 0.1) is 5.36 Å². The van der Waals surface area contributed by atoms with Gasteiger partial charge in [-0.3, -0.25) is 9.79 Å². The van der Waals surface area contributed by atoms with Crippen LogP contribution in [-0.2, 0) is 12.8 Å². The molecular formula is C37H47N3OSi. The van der Waals surface area contributed by atoms with Crippen LogP contribution in [0.3, 0.4) is 0 Å². The Morgan fingerprint density at radius 1 is 1.00 bits per heavy atom. The lowest BCUT2D eigenvalue weighted by Gasteiger charge is -2.46. The second-order valence-electron chi connectivity index (χ2n) is 13.7. The number of carbonyl (C=O) groups excluding carboxylic acids is 1. The van der Waals surface area contributed by atoms with Crippen molar-refractivity contribution < 1.29 is 4.79 Å². The topological polar surface area (TPSA) is 35.9 Å². The molecule has 42 heavy (non-hydrogen) atoms. The summed E-state index contributed by atoms with van der Waals surface area (Å²) in [6, 6.07) is 18.3. The molecule has 0 bridgehead atoms. The molecule has 0 aromatic heterocycles. The lowest BCUT2D eigenvalue weighted by Crippen LogP contribution is -2.64. The zero-order valence-corrected chi connectivity index (χ0v) is 27.7. The van der Waals surface area contributed by atoms with Crippen LogP contribution >= 0.6 is 0 Å². The summed E-state index contributed by atoms with van der Waals surface area (Å²) in [5, 5.41) is 5.45. The van der Waals surface area contributed by atoms with Gasteiger partial charge in [-0.05, 0) is 127 Å². The van der Waals surface area contributed by atoms with E-state index in [1.807, 2.05) is 24.1 Å². The van der Waals surface area contributed by atoms with Crippen molar-refractivity contribution in [1.29, 1.82) is 0 Å². The summed E-state index contributed by atoms with van der Waals surface area (Å²) < 4.78 is 0. The van der Waals surface area contributed by atoms with Gasteiger partial charge in [0, 0.05) is 43.5 Å². The summed E-state index contributed by atoms with van der Waals surface area (Å²) in [5.74, 6) is 0.113. The Hall–Kier alpha value is -3.18. The van der Waals surface area contributed by atoms with Crippen LogP contribution in [0.2, 0.25) is 13.1 Å². The predicted molar refractivity (Wildman–Crippen MR) is 179 cm³/mol. The number of aryl methyl sites for hydroxylation is 2. The second kappa shape index (κ2) is 10.8. The summed E-state index contributed by atoms with van der Waals surface area (Å²) in [6.45, 7) is 17.0. The molecule has 1 amide bonds. The third kappa shape index (κ3) is 4.65. The van der Waals surface area contributed by atoms with Gasteiger partial charge in [0.2, 0.25) is 0 Å². The first-order valence-electron chi connectivity index (χ1n) is 16.1. The monoisotopic (exact) mass is 577 g/mol. The molecule has 220 valence electrons. The highest BCUT2D eigenvalue weighted by atomic mass is 28.3. The molecule has 3 aliphatic rings. The lowest BCUT2D eigenvalue weighted by atomic mass is 9.83. The standard InChI is InChI=1S/C37H47N3OSi/c1-8-10-20-39(5)36(41)28-16-12-11-15-27(28)35-29-21-25-14-13-19-38-31(25)23-33(29)42(6,7)34-24-32-26(22-30(34)35)17-18-37(3,4)40(32)9-2/h11-12,15-16,21-24H,8-10,13-14,17-20H2,1-7H3. The summed E-state index contributed by atoms with van der Waals surface area (Å²) in [5.41, 5.74) is 8.79. The van der Waals surface area contributed by atoms with Gasteiger partial charge in [-0.2, -0.15) is 0 Å². The van der Waals surface area contributed by atoms with E-state index < -0.39 is 8.07 Å². The van der Waals surface area contributed by atoms with Crippen LogP contribution in [0.15, 0.2) is 53.5 Å². The van der Waals surface area contributed by atoms with Crippen molar-refractivity contribution in [3.63, 3.8) is 0 Å². The highest BCUT2D eigenvalue weighted by Crippen LogP contribution is 2.39. The molecule has 0 atom stereocenters. The Morgan fingerprint density at radius 2 is 1.79 bits per heavy atom. The molecule has 0 aliphatic carbocycles. The van der Waals surface area contributed by atoms with Crippen molar-refractivity contribution in [2.75, 3.05) is 31.6 Å². The predicted octanol–water partition coefficient (Wildman–Crippen LogP) is 5.06. The number of carbonyl (C=O) groups is 1. The van der Waals surface area contributed by atoms with Gasteiger partial charge in [-0.1, -0.05) is 44.6 Å². The van der Waals surface area contributed by atoms with Crippen LogP contribution < -0.4 is 25.8 Å². The van der Waals surface area contributed by atoms with E-state index in [9.17, 15) is 4.79 Å². The quantitative estimate of drug-likeness (QED) is 0.384. The molecule has 3 heterocycles. The summed E-state index contributed by atoms with van der Waals surface area (Å²) in [6.07, 6.45) is 6.48. The Labute approximate surface area is 253 Å². The molecular weight excluding hydrogens is 531 g/mol. The fraction of sp³-hybridized carbons (Fsp3) is 0.459. The van der Waals surface area contributed by atoms with Crippen molar-refractivity contribution in [3.8, 4) is 0 Å². The zero-order valence-electron chi connectivity index (χ0n) is 26.7. The van der Waals surface area contributed by atoms with E-state index in [2.05, 4.69) is 82.1 Å². The molecule has 0 spiro atoms. The average molecular weight is 578 g/mol. The van der Waals surface area contributed by atoms with Crippen LogP contribution in [0.1, 0.15) is 86.0 Å². The van der Waals surface area contributed by atoms with Crippen LogP contribution in [-0.4, -0.2) is 51.1 Å². The van der Waals surface area contributed by atoms with Gasteiger partial charge in [0.1, 0.15) is 8.07 Å². The van der Waals surface area contributed by atoms with Crippen LogP contribution in [0.4, 0.5) is 5.69 Å². The number of nitrogens with zero attached hydrogens (tertiary/aromatic N) is 3. The number of fused-ring (bicyclic) bond motifs is 4. The Kier molecular flexibility index (Phi) is 7.45. The molecule has 3 aromatic carbocycles. The number of benzene rings is 3. The first kappa shape index (κ1) is 28.9. The molecule has 0 radical (unpaired) electrons. The van der Waals surface area contributed by atoms with Gasteiger partial charge in [-0.25, -0.2) is 0 Å². The number of unbranched alkanes of at least 4 members (excludes halogenated alkanes) is 1. The molecule has 0 saturated carbocycles. The summed E-state index contributed by atoms with van der Waals surface area (Å²) in [7, 11) is -0.149. The van der Waals surface area contributed by atoms with Crippen LogP contribution in [0.25, 0.3) is 5.57 Å². The van der Waals surface area contributed by atoms with Crippen molar-refractivity contribution in [1.82, 2.24) is 4.90 Å². The molecule has 3 aliphatic heterocycles. The van der Waals surface area contributed by atoms with Crippen LogP contribution in [0, 0.1) is 0 Å². The largest absolute Gasteiger partial charge is 0.366 e. The van der Waals surface area contributed by atoms with Crippen molar-refractivity contribution in [2.45, 2.75) is 84.9 Å². The smallest absolute Gasteiger partial charge is 0.254 e. The van der Waals surface area contributed by atoms with E-state index in [1.165, 1.54) is 48.9 Å². The van der Waals surface area contributed by atoms with Gasteiger partial charge < -0.3 is 9.80 Å². The first-order chi connectivity index (χ1) is 20.1. The molecule has 4 nitrogen and oxygen atoms in total. The van der Waals surface area contributed by atoms with Gasteiger partial charge in [0.15, 0.2) is 0 Å². The molecule has 0 saturated heterocycles. The third-order valence-electron chi connectivity index (χ3n) is 10.2. The highest BCUT2D eigenvalue weighted by Gasteiger charge is 2.40. The van der Waals surface area contributed by atoms with E-state index in [1.54, 1.807) is 0 Å². The van der Waals surface area contributed by atoms with E-state index in [-0.39, 0.29) is 11.4 Å². The molecule has 5 heteroatoms. The number of amides is 1. The van der Waals surface area contributed by atoms with Gasteiger partial charge in [0.25, 0.3) is 5.91 Å². The minimum atomic E-state index is -2.10. The fourth-order valence-corrected chi connectivity index (χ4v) is 10.7. The average Bonchev–Trinajstić information content (AvgIpc) is 2.98. The fourth-order valence-electron chi connectivity index (χ4n) is 7.65. The molecule has 0 unspecified atom stereocenters. The van der Waals surface area contributed by atoms with Crippen molar-refractivity contribution in [3.05, 3.63) is 86.9 Å². The maximum atomic E-state index is 14.0. The third-order valence-corrected chi connectivity index (χ3v) is 13.7. The van der Waals surface area contributed by atoms with Crippen LogP contribution in [0.5, 0.6) is 0 Å². The van der Waals surface area contributed by atoms with Crippen molar-refractivity contribution >= 4 is 35.6 Å². The maximum absolute atomic E-state index is 14.0. The molecule has 0 fully saturated rings. The Morgan fingerprint density at radius 3 is 2.55 bits per heavy atom. The van der Waals surface area contributed by atoms with Gasteiger partial charge in [-0.15, -0.1) is 0 Å². The summed E-state index contributed by atoms with van der Waals surface area (Å²) >= 11 is 0. The SMILES string of the molecule is CCCCN(C)C(=O)c1ccccc1C1=c2cc3c(cc2[Si](C)(C)c2cc4c(cc21)CCC(C)(C)N4CC)=NCCC3. The number of hydrogen-bond donors (Lipinski definition) is 0. The number of anilines is 1. The zero-order chi connectivity index (χ0) is 29.8. The molecule has 3 aromatic rings. The minimum Gasteiger partial charge on any atom is -0.366 e.